The molecule has 7 heteroatoms. The Morgan fingerprint density at radius 3 is 2.06 bits per heavy atom. The van der Waals surface area contributed by atoms with Gasteiger partial charge in [0.25, 0.3) is 0 Å². The molecule has 0 N–H and O–H groups in total. The molecule has 0 aromatic heterocycles. The van der Waals surface area contributed by atoms with Gasteiger partial charge in [0.1, 0.15) is 0 Å². The van der Waals surface area contributed by atoms with Crippen LogP contribution in [0.3, 0.4) is 0 Å². The summed E-state index contributed by atoms with van der Waals surface area (Å²) in [6, 6.07) is 0. The van der Waals surface area contributed by atoms with E-state index >= 15 is 0 Å². The highest BCUT2D eigenvalue weighted by Crippen LogP contribution is 2.14. The maximum atomic E-state index is 10.8. The normalized spacial score (nSPS) is 12.7. The van der Waals surface area contributed by atoms with Crippen molar-refractivity contribution in [3.05, 3.63) is 0 Å². The fraction of sp³-hybridized carbons (Fsp3) is 0.818. The van der Waals surface area contributed by atoms with Crippen LogP contribution >= 0.6 is 23.2 Å². The number of carbonyl (C=O) groups excluding carboxylic acids is 2. The van der Waals surface area contributed by atoms with E-state index in [4.69, 9.17) is 37.4 Å². The van der Waals surface area contributed by atoms with E-state index in [1.165, 1.54) is 0 Å². The Hall–Kier alpha value is -0.200. The van der Waals surface area contributed by atoms with E-state index in [0.717, 1.165) is 0 Å². The van der Waals surface area contributed by atoms with Crippen LogP contribution in [-0.2, 0) is 23.8 Å². The lowest BCUT2D eigenvalue weighted by molar-refractivity contribution is -0.179. The summed E-state index contributed by atoms with van der Waals surface area (Å²) in [5.41, 5.74) is 0. The molecule has 0 aliphatic rings. The van der Waals surface area contributed by atoms with Crippen molar-refractivity contribution >= 4 is 33.7 Å². The zero-order chi connectivity index (χ0) is 14.0. The maximum absolute atomic E-state index is 10.8. The third kappa shape index (κ3) is 9.79. The van der Waals surface area contributed by atoms with Gasteiger partial charge in [0.15, 0.2) is 6.29 Å². The quantitative estimate of drug-likeness (QED) is 0.332. The van der Waals surface area contributed by atoms with Gasteiger partial charge >= 0.3 is 0 Å². The van der Waals surface area contributed by atoms with Crippen LogP contribution in [-0.4, -0.2) is 43.2 Å². The Morgan fingerprint density at radius 2 is 1.67 bits per heavy atom. The zero-order valence-electron chi connectivity index (χ0n) is 10.5. The molecule has 0 heterocycles. The second kappa shape index (κ2) is 10.7. The van der Waals surface area contributed by atoms with Crippen molar-refractivity contribution in [2.75, 3.05) is 20.3 Å². The van der Waals surface area contributed by atoms with E-state index in [1.807, 2.05) is 6.92 Å². The first-order valence-electron chi connectivity index (χ1n) is 5.62. The molecule has 0 aromatic rings. The van der Waals surface area contributed by atoms with Gasteiger partial charge in [-0.05, 0) is 29.6 Å². The Labute approximate surface area is 117 Å². The number of hydrogen-bond acceptors (Lipinski definition) is 5. The highest BCUT2D eigenvalue weighted by atomic mass is 35.5. The number of rotatable bonds is 11. The topological polar surface area (TPSA) is 61.8 Å². The Bertz CT molecular complexity index is 244. The minimum Gasteiger partial charge on any atom is -0.382 e. The van der Waals surface area contributed by atoms with Crippen molar-refractivity contribution in [2.24, 2.45) is 0 Å². The first-order valence-corrected chi connectivity index (χ1v) is 6.37. The summed E-state index contributed by atoms with van der Waals surface area (Å²) in [5.74, 6) is 0. The summed E-state index contributed by atoms with van der Waals surface area (Å²) in [6.45, 7) is 2.67. The van der Waals surface area contributed by atoms with Gasteiger partial charge in [0.05, 0.1) is 19.3 Å². The summed E-state index contributed by atoms with van der Waals surface area (Å²) in [6.07, 6.45) is -0.758. The van der Waals surface area contributed by atoms with Crippen molar-refractivity contribution in [1.82, 2.24) is 0 Å². The van der Waals surface area contributed by atoms with Crippen LogP contribution in [0, 0.1) is 0 Å². The lowest BCUT2D eigenvalue weighted by Gasteiger charge is -2.22. The number of carbonyl (C=O) groups is 2. The molecule has 0 rings (SSSR count). The fourth-order valence-corrected chi connectivity index (χ4v) is 1.60. The number of ether oxygens (including phenoxy) is 3. The molecule has 18 heavy (non-hydrogen) atoms. The second-order valence-electron chi connectivity index (χ2n) is 3.58. The van der Waals surface area contributed by atoms with Crippen LogP contribution in [0.1, 0.15) is 26.2 Å². The van der Waals surface area contributed by atoms with Crippen LogP contribution in [0.4, 0.5) is 0 Å². The van der Waals surface area contributed by atoms with Gasteiger partial charge < -0.3 is 14.2 Å². The number of halogens is 2. The van der Waals surface area contributed by atoms with Gasteiger partial charge in [-0.2, -0.15) is 0 Å². The largest absolute Gasteiger partial charge is 0.382 e. The standard InChI is InChI=1S/C11H18Cl2O5/c1-3-11(17-5-4-16-2)18-8(6-9(12)14)7-10(13)15/h8,11H,3-7H2,1-2H3. The molecular formula is C11H18Cl2O5. The van der Waals surface area contributed by atoms with Gasteiger partial charge in [0.2, 0.25) is 10.5 Å². The van der Waals surface area contributed by atoms with Crippen molar-refractivity contribution < 1.29 is 23.8 Å². The van der Waals surface area contributed by atoms with Crippen LogP contribution < -0.4 is 0 Å². The first kappa shape index (κ1) is 17.8. The minimum atomic E-state index is -0.660. The van der Waals surface area contributed by atoms with Crippen LogP contribution in [0.25, 0.3) is 0 Å². The van der Waals surface area contributed by atoms with Crippen LogP contribution in [0.5, 0.6) is 0 Å². The maximum Gasteiger partial charge on any atom is 0.224 e. The molecule has 1 atom stereocenters. The SMILES string of the molecule is CCC(OCCOC)OC(CC(=O)Cl)CC(=O)Cl. The summed E-state index contributed by atoms with van der Waals surface area (Å²) >= 11 is 10.6. The third-order valence-corrected chi connectivity index (χ3v) is 2.35. The lowest BCUT2D eigenvalue weighted by Crippen LogP contribution is -2.28. The minimum absolute atomic E-state index is 0.0792. The molecule has 1 unspecified atom stereocenters. The molecule has 0 spiro atoms. The molecule has 0 bridgehead atoms. The average Bonchev–Trinajstić information content (AvgIpc) is 2.26. The molecule has 106 valence electrons. The highest BCUT2D eigenvalue weighted by molar-refractivity contribution is 6.64. The van der Waals surface area contributed by atoms with E-state index < -0.39 is 22.9 Å². The summed E-state index contributed by atoms with van der Waals surface area (Å²) in [7, 11) is 1.56. The first-order chi connectivity index (χ1) is 8.49. The molecule has 0 aliphatic heterocycles. The van der Waals surface area contributed by atoms with E-state index in [1.54, 1.807) is 7.11 Å². The Balaban J connectivity index is 4.22. The molecule has 0 aromatic carbocycles. The summed E-state index contributed by atoms with van der Waals surface area (Å²) < 4.78 is 15.7. The van der Waals surface area contributed by atoms with Gasteiger partial charge in [-0.1, -0.05) is 6.92 Å². The van der Waals surface area contributed by atoms with Gasteiger partial charge in [-0.3, -0.25) is 9.59 Å². The van der Waals surface area contributed by atoms with E-state index in [-0.39, 0.29) is 12.8 Å². The second-order valence-corrected chi connectivity index (χ2v) is 4.42. The van der Waals surface area contributed by atoms with Crippen molar-refractivity contribution in [3.63, 3.8) is 0 Å². The Kier molecular flexibility index (Phi) is 10.6. The van der Waals surface area contributed by atoms with Crippen LogP contribution in [0.15, 0.2) is 0 Å². The Morgan fingerprint density at radius 1 is 1.11 bits per heavy atom. The number of hydrogen-bond donors (Lipinski definition) is 0. The molecule has 0 aliphatic carbocycles. The molecule has 0 saturated heterocycles. The predicted octanol–water partition coefficient (Wildman–Crippen LogP) is 2.08. The lowest BCUT2D eigenvalue weighted by atomic mass is 10.2. The van der Waals surface area contributed by atoms with Crippen molar-refractivity contribution in [2.45, 2.75) is 38.6 Å². The fourth-order valence-electron chi connectivity index (χ4n) is 1.26. The molecular weight excluding hydrogens is 283 g/mol. The van der Waals surface area contributed by atoms with Crippen molar-refractivity contribution in [1.29, 1.82) is 0 Å². The molecule has 0 fully saturated rings. The third-order valence-electron chi connectivity index (χ3n) is 2.05. The smallest absolute Gasteiger partial charge is 0.224 e. The van der Waals surface area contributed by atoms with E-state index in [9.17, 15) is 9.59 Å². The van der Waals surface area contributed by atoms with Crippen LogP contribution in [0.2, 0.25) is 0 Å². The molecule has 5 nitrogen and oxygen atoms in total. The van der Waals surface area contributed by atoms with Crippen molar-refractivity contribution in [3.8, 4) is 0 Å². The average molecular weight is 301 g/mol. The zero-order valence-corrected chi connectivity index (χ0v) is 12.0. The summed E-state index contributed by atoms with van der Waals surface area (Å²) in [5, 5.41) is -1.16. The highest BCUT2D eigenvalue weighted by Gasteiger charge is 2.20. The summed E-state index contributed by atoms with van der Waals surface area (Å²) in [4.78, 5) is 21.7. The van der Waals surface area contributed by atoms with Gasteiger partial charge in [0, 0.05) is 20.0 Å². The van der Waals surface area contributed by atoms with E-state index in [2.05, 4.69) is 0 Å². The number of methoxy groups -OCH3 is 1. The van der Waals surface area contributed by atoms with Gasteiger partial charge in [-0.25, -0.2) is 0 Å². The monoisotopic (exact) mass is 300 g/mol. The molecule has 0 amide bonds. The van der Waals surface area contributed by atoms with E-state index in [0.29, 0.717) is 19.6 Å². The molecule has 0 radical (unpaired) electrons. The predicted molar refractivity (Wildman–Crippen MR) is 67.7 cm³/mol. The van der Waals surface area contributed by atoms with Gasteiger partial charge in [-0.15, -0.1) is 0 Å². The molecule has 0 saturated carbocycles.